The highest BCUT2D eigenvalue weighted by atomic mass is 16.5. The zero-order valence-corrected chi connectivity index (χ0v) is 9.50. The van der Waals surface area contributed by atoms with E-state index in [1.165, 1.54) is 14.0 Å². The maximum atomic E-state index is 11.4. The third kappa shape index (κ3) is 2.12. The monoisotopic (exact) mass is 208 g/mol. The Kier molecular flexibility index (Phi) is 3.35. The Hall–Kier alpha value is -1.51. The number of Topliss-reactive ketones (excluding diaryl/α,β-unsaturated/α-hetero) is 1. The maximum absolute atomic E-state index is 11.4. The van der Waals surface area contributed by atoms with E-state index in [4.69, 9.17) is 4.74 Å². The van der Waals surface area contributed by atoms with Gasteiger partial charge in [-0.3, -0.25) is 4.79 Å². The standard InChI is InChI=1S/C12H16O3/c1-7(2)9-5-6-10(15-4)12(14)11(9)8(3)13/h5-7,14H,1-4H3. The molecule has 0 heterocycles. The van der Waals surface area contributed by atoms with Crippen molar-refractivity contribution in [3.8, 4) is 11.5 Å². The summed E-state index contributed by atoms with van der Waals surface area (Å²) in [6.45, 7) is 5.40. The number of hydrogen-bond donors (Lipinski definition) is 1. The normalized spacial score (nSPS) is 10.5. The first-order chi connectivity index (χ1) is 6.99. The fourth-order valence-corrected chi connectivity index (χ4v) is 1.60. The highest BCUT2D eigenvalue weighted by Crippen LogP contribution is 2.35. The van der Waals surface area contributed by atoms with Crippen LogP contribution in [-0.2, 0) is 0 Å². The van der Waals surface area contributed by atoms with Crippen LogP contribution in [0.3, 0.4) is 0 Å². The summed E-state index contributed by atoms with van der Waals surface area (Å²) in [7, 11) is 1.47. The van der Waals surface area contributed by atoms with Crippen LogP contribution in [0.1, 0.15) is 42.6 Å². The number of benzene rings is 1. The van der Waals surface area contributed by atoms with Gasteiger partial charge in [0.15, 0.2) is 17.3 Å². The highest BCUT2D eigenvalue weighted by Gasteiger charge is 2.18. The molecule has 0 spiro atoms. The van der Waals surface area contributed by atoms with Crippen molar-refractivity contribution in [2.45, 2.75) is 26.7 Å². The number of phenolic OH excluding ortho intramolecular Hbond substituents is 1. The van der Waals surface area contributed by atoms with E-state index in [9.17, 15) is 9.90 Å². The number of phenols is 1. The second kappa shape index (κ2) is 4.34. The Morgan fingerprint density at radius 3 is 2.40 bits per heavy atom. The smallest absolute Gasteiger partial charge is 0.168 e. The van der Waals surface area contributed by atoms with Gasteiger partial charge in [-0.05, 0) is 24.5 Å². The lowest BCUT2D eigenvalue weighted by molar-refractivity contribution is 0.101. The molecule has 0 unspecified atom stereocenters. The molecule has 0 saturated carbocycles. The van der Waals surface area contributed by atoms with E-state index in [0.29, 0.717) is 11.3 Å². The quantitative estimate of drug-likeness (QED) is 0.777. The molecule has 82 valence electrons. The van der Waals surface area contributed by atoms with Crippen LogP contribution in [0.15, 0.2) is 12.1 Å². The van der Waals surface area contributed by atoms with Crippen LogP contribution < -0.4 is 4.74 Å². The minimum absolute atomic E-state index is 0.0591. The van der Waals surface area contributed by atoms with E-state index in [1.54, 1.807) is 6.07 Å². The molecule has 0 amide bonds. The molecule has 0 aliphatic carbocycles. The van der Waals surface area contributed by atoms with Gasteiger partial charge in [0.2, 0.25) is 0 Å². The molecule has 0 aliphatic heterocycles. The first-order valence-corrected chi connectivity index (χ1v) is 4.89. The number of ether oxygens (including phenoxy) is 1. The van der Waals surface area contributed by atoms with Gasteiger partial charge in [0.1, 0.15) is 0 Å². The van der Waals surface area contributed by atoms with E-state index in [0.717, 1.165) is 5.56 Å². The van der Waals surface area contributed by atoms with E-state index in [-0.39, 0.29) is 17.5 Å². The molecular formula is C12H16O3. The van der Waals surface area contributed by atoms with E-state index < -0.39 is 0 Å². The van der Waals surface area contributed by atoms with Crippen LogP contribution in [-0.4, -0.2) is 18.0 Å². The molecule has 15 heavy (non-hydrogen) atoms. The Morgan fingerprint density at radius 1 is 1.40 bits per heavy atom. The molecule has 1 rings (SSSR count). The van der Waals surface area contributed by atoms with Gasteiger partial charge in [-0.15, -0.1) is 0 Å². The first-order valence-electron chi connectivity index (χ1n) is 4.89. The van der Waals surface area contributed by atoms with E-state index >= 15 is 0 Å². The number of aromatic hydroxyl groups is 1. The Labute approximate surface area is 89.7 Å². The molecule has 0 saturated heterocycles. The van der Waals surface area contributed by atoms with Crippen LogP contribution >= 0.6 is 0 Å². The molecule has 3 nitrogen and oxygen atoms in total. The molecule has 1 aromatic carbocycles. The molecule has 1 aromatic rings. The second-order valence-corrected chi connectivity index (χ2v) is 3.79. The zero-order valence-electron chi connectivity index (χ0n) is 9.50. The van der Waals surface area contributed by atoms with Crippen molar-refractivity contribution in [3.05, 3.63) is 23.3 Å². The average molecular weight is 208 g/mol. The van der Waals surface area contributed by atoms with Gasteiger partial charge in [0.05, 0.1) is 12.7 Å². The number of rotatable bonds is 3. The predicted molar refractivity (Wildman–Crippen MR) is 58.8 cm³/mol. The Bertz CT molecular complexity index is 381. The number of methoxy groups -OCH3 is 1. The van der Waals surface area contributed by atoms with Crippen molar-refractivity contribution >= 4 is 5.78 Å². The van der Waals surface area contributed by atoms with Gasteiger partial charge in [-0.1, -0.05) is 19.9 Å². The van der Waals surface area contributed by atoms with Gasteiger partial charge in [0, 0.05) is 0 Å². The van der Waals surface area contributed by atoms with Gasteiger partial charge >= 0.3 is 0 Å². The molecule has 0 fully saturated rings. The summed E-state index contributed by atoms with van der Waals surface area (Å²) in [6.07, 6.45) is 0. The second-order valence-electron chi connectivity index (χ2n) is 3.79. The van der Waals surface area contributed by atoms with Gasteiger partial charge < -0.3 is 9.84 Å². The lowest BCUT2D eigenvalue weighted by Crippen LogP contribution is -2.03. The Morgan fingerprint density at radius 2 is 2.00 bits per heavy atom. The van der Waals surface area contributed by atoms with Crippen molar-refractivity contribution in [1.82, 2.24) is 0 Å². The summed E-state index contributed by atoms with van der Waals surface area (Å²) in [4.78, 5) is 11.4. The molecule has 0 aliphatic rings. The molecule has 0 radical (unpaired) electrons. The van der Waals surface area contributed by atoms with E-state index in [2.05, 4.69) is 0 Å². The SMILES string of the molecule is COc1ccc(C(C)C)c(C(C)=O)c1O. The van der Waals surface area contributed by atoms with Gasteiger partial charge in [-0.2, -0.15) is 0 Å². The van der Waals surface area contributed by atoms with E-state index in [1.807, 2.05) is 19.9 Å². The molecule has 0 bridgehead atoms. The van der Waals surface area contributed by atoms with Crippen LogP contribution in [0.25, 0.3) is 0 Å². The summed E-state index contributed by atoms with van der Waals surface area (Å²) in [5, 5.41) is 9.84. The van der Waals surface area contributed by atoms with Crippen LogP contribution in [0.4, 0.5) is 0 Å². The molecule has 0 atom stereocenters. The third-order valence-corrected chi connectivity index (χ3v) is 2.37. The topological polar surface area (TPSA) is 46.5 Å². The number of carbonyl (C=O) groups excluding carboxylic acids is 1. The predicted octanol–water partition coefficient (Wildman–Crippen LogP) is 2.73. The fourth-order valence-electron chi connectivity index (χ4n) is 1.60. The Balaban J connectivity index is 3.44. The number of carbonyl (C=O) groups is 1. The average Bonchev–Trinajstić information content (AvgIpc) is 2.16. The van der Waals surface area contributed by atoms with Crippen LogP contribution in [0, 0.1) is 0 Å². The highest BCUT2D eigenvalue weighted by molar-refractivity contribution is 5.99. The van der Waals surface area contributed by atoms with Crippen molar-refractivity contribution in [2.24, 2.45) is 0 Å². The van der Waals surface area contributed by atoms with Crippen molar-refractivity contribution in [1.29, 1.82) is 0 Å². The van der Waals surface area contributed by atoms with Gasteiger partial charge in [0.25, 0.3) is 0 Å². The minimum atomic E-state index is -0.143. The lowest BCUT2D eigenvalue weighted by atomic mass is 9.94. The lowest BCUT2D eigenvalue weighted by Gasteiger charge is -2.14. The summed E-state index contributed by atoms with van der Waals surface area (Å²) in [5.74, 6) is 0.330. The number of ketones is 1. The summed E-state index contributed by atoms with van der Waals surface area (Å²) >= 11 is 0. The number of hydrogen-bond acceptors (Lipinski definition) is 3. The minimum Gasteiger partial charge on any atom is -0.504 e. The van der Waals surface area contributed by atoms with Gasteiger partial charge in [-0.25, -0.2) is 0 Å². The van der Waals surface area contributed by atoms with Crippen LogP contribution in [0.2, 0.25) is 0 Å². The van der Waals surface area contributed by atoms with Crippen molar-refractivity contribution in [3.63, 3.8) is 0 Å². The zero-order chi connectivity index (χ0) is 11.6. The largest absolute Gasteiger partial charge is 0.504 e. The maximum Gasteiger partial charge on any atom is 0.168 e. The summed E-state index contributed by atoms with van der Waals surface area (Å²) in [6, 6.07) is 3.50. The van der Waals surface area contributed by atoms with Crippen molar-refractivity contribution in [2.75, 3.05) is 7.11 Å². The molecular weight excluding hydrogens is 192 g/mol. The summed E-state index contributed by atoms with van der Waals surface area (Å²) < 4.78 is 4.97. The fraction of sp³-hybridized carbons (Fsp3) is 0.417. The van der Waals surface area contributed by atoms with Crippen molar-refractivity contribution < 1.29 is 14.6 Å². The molecule has 3 heteroatoms. The molecule has 1 N–H and O–H groups in total. The first kappa shape index (κ1) is 11.6. The van der Waals surface area contributed by atoms with Crippen LogP contribution in [0.5, 0.6) is 11.5 Å². The summed E-state index contributed by atoms with van der Waals surface area (Å²) in [5.41, 5.74) is 1.21. The molecule has 0 aromatic heterocycles. The third-order valence-electron chi connectivity index (χ3n) is 2.37.